The van der Waals surface area contributed by atoms with E-state index in [0.29, 0.717) is 0 Å². The number of rotatable bonds is 19. The lowest BCUT2D eigenvalue weighted by atomic mass is 10.0. The topological polar surface area (TPSA) is 126 Å². The lowest BCUT2D eigenvalue weighted by Crippen LogP contribution is -2.11. The van der Waals surface area contributed by atoms with Gasteiger partial charge < -0.3 is 46.1 Å². The van der Waals surface area contributed by atoms with Gasteiger partial charge in [0.15, 0.2) is 13.6 Å². The van der Waals surface area contributed by atoms with E-state index in [9.17, 15) is 9.13 Å². The van der Waals surface area contributed by atoms with Crippen LogP contribution in [0.2, 0.25) is 0 Å². The molecule has 0 saturated heterocycles. The number of benzene rings is 6. The van der Waals surface area contributed by atoms with Crippen molar-refractivity contribution in [3.63, 3.8) is 0 Å². The highest BCUT2D eigenvalue weighted by Crippen LogP contribution is 2.58. The first-order chi connectivity index (χ1) is 26.4. The fraction of sp³-hybridized carbons (Fsp3) is 0.100. The Balaban J connectivity index is 1.51. The molecule has 6 rings (SSSR count). The molecule has 0 unspecified atom stereocenters. The van der Waals surface area contributed by atoms with E-state index in [2.05, 4.69) is 0 Å². The van der Waals surface area contributed by atoms with Gasteiger partial charge in [-0.05, 0) is 72.8 Å². The largest absolute Gasteiger partial charge is 0.647 e. The van der Waals surface area contributed by atoms with Crippen LogP contribution in [0.5, 0.6) is 46.0 Å². The van der Waals surface area contributed by atoms with Crippen molar-refractivity contribution in [2.75, 3.05) is 27.8 Å². The van der Waals surface area contributed by atoms with E-state index >= 15 is 0 Å². The van der Waals surface area contributed by atoms with E-state index in [1.807, 2.05) is 0 Å². The Morgan fingerprint density at radius 2 is 0.630 bits per heavy atom. The van der Waals surface area contributed by atoms with Crippen LogP contribution in [0, 0.1) is 0 Å². The van der Waals surface area contributed by atoms with Gasteiger partial charge in [0, 0.05) is 14.2 Å². The summed E-state index contributed by atoms with van der Waals surface area (Å²) < 4.78 is 88.2. The SMILES string of the molecule is COCOc1cccc(OP(=O)(Oc2ccccc2)Oc2ccccc2)c1-c1c(OCOC)cccc1OP(=O)(Oc1ccccc1)Oc1ccccc1. The molecule has 0 amide bonds. The lowest BCUT2D eigenvalue weighted by Gasteiger charge is -2.25. The minimum absolute atomic E-state index is 0.0556. The molecule has 12 nitrogen and oxygen atoms in total. The van der Waals surface area contributed by atoms with Gasteiger partial charge in [0.2, 0.25) is 0 Å². The molecule has 0 aliphatic rings. The molecule has 0 radical (unpaired) electrons. The van der Waals surface area contributed by atoms with Gasteiger partial charge >= 0.3 is 15.6 Å². The smallest absolute Gasteiger partial charge is 0.467 e. The van der Waals surface area contributed by atoms with E-state index in [1.54, 1.807) is 146 Å². The van der Waals surface area contributed by atoms with Gasteiger partial charge in [0.25, 0.3) is 0 Å². The number of phosphoric acid groups is 2. The standard InChI is InChI=1S/C40H36O12P2/c1-43-29-45-35-25-15-27-37(51-53(41,47-31-17-7-3-8-18-31)48-32-19-9-4-10-20-32)39(35)40-36(46-30-44-2)26-16-28-38(40)52-54(42,49-33-21-11-5-12-22-33)50-34-23-13-6-14-24-34/h3-28H,29-30H2,1-2H3. The van der Waals surface area contributed by atoms with Crippen molar-refractivity contribution < 1.29 is 55.2 Å². The molecule has 0 saturated carbocycles. The van der Waals surface area contributed by atoms with Crippen molar-refractivity contribution in [3.8, 4) is 57.1 Å². The predicted octanol–water partition coefficient (Wildman–Crippen LogP) is 10.6. The van der Waals surface area contributed by atoms with E-state index in [4.69, 9.17) is 46.1 Å². The second-order valence-corrected chi connectivity index (χ2v) is 13.9. The van der Waals surface area contributed by atoms with Gasteiger partial charge in [-0.3, -0.25) is 0 Å². The molecule has 0 spiro atoms. The Bertz CT molecular complexity index is 1920. The number of hydrogen-bond donors (Lipinski definition) is 0. The van der Waals surface area contributed by atoms with Crippen molar-refractivity contribution in [2.24, 2.45) is 0 Å². The van der Waals surface area contributed by atoms with Crippen molar-refractivity contribution in [3.05, 3.63) is 158 Å². The molecule has 278 valence electrons. The minimum atomic E-state index is -4.56. The molecule has 0 N–H and O–H groups in total. The molecule has 0 aromatic heterocycles. The Morgan fingerprint density at radius 3 is 0.907 bits per heavy atom. The lowest BCUT2D eigenvalue weighted by molar-refractivity contribution is 0.0499. The minimum Gasteiger partial charge on any atom is -0.467 e. The molecular weight excluding hydrogens is 734 g/mol. The summed E-state index contributed by atoms with van der Waals surface area (Å²) in [5.74, 6) is 1.10. The van der Waals surface area contributed by atoms with Gasteiger partial charge in [-0.1, -0.05) is 84.9 Å². The maximum absolute atomic E-state index is 14.7. The van der Waals surface area contributed by atoms with Gasteiger partial charge in [0.05, 0.1) is 11.1 Å². The van der Waals surface area contributed by atoms with Crippen molar-refractivity contribution in [1.29, 1.82) is 0 Å². The van der Waals surface area contributed by atoms with Crippen LogP contribution in [-0.4, -0.2) is 27.8 Å². The van der Waals surface area contributed by atoms with Crippen LogP contribution in [0.15, 0.2) is 158 Å². The zero-order chi connectivity index (χ0) is 37.6. The molecule has 0 atom stereocenters. The summed E-state index contributed by atoms with van der Waals surface area (Å²) in [5.41, 5.74) is 0.270. The Kier molecular flexibility index (Phi) is 12.8. The second-order valence-electron chi connectivity index (χ2n) is 11.1. The molecule has 0 fully saturated rings. The fourth-order valence-corrected chi connectivity index (χ4v) is 7.48. The summed E-state index contributed by atoms with van der Waals surface area (Å²) >= 11 is 0. The third-order valence-corrected chi connectivity index (χ3v) is 9.73. The summed E-state index contributed by atoms with van der Waals surface area (Å²) in [7, 11) is -6.21. The average Bonchev–Trinajstić information content (AvgIpc) is 3.18. The summed E-state index contributed by atoms with van der Waals surface area (Å²) in [5, 5.41) is 0. The van der Waals surface area contributed by atoms with E-state index < -0.39 is 15.6 Å². The number of hydrogen-bond acceptors (Lipinski definition) is 12. The summed E-state index contributed by atoms with van der Waals surface area (Å²) in [6, 6.07) is 43.3. The molecule has 0 bridgehead atoms. The number of methoxy groups -OCH3 is 2. The van der Waals surface area contributed by atoms with Gasteiger partial charge in [-0.2, -0.15) is 9.13 Å². The van der Waals surface area contributed by atoms with Crippen LogP contribution in [0.25, 0.3) is 11.1 Å². The first kappa shape index (κ1) is 37.8. The Hall–Kier alpha value is -5.90. The molecular formula is C40H36O12P2. The fourth-order valence-electron chi connectivity index (χ4n) is 4.95. The number of ether oxygens (including phenoxy) is 4. The van der Waals surface area contributed by atoms with E-state index in [-0.39, 0.29) is 70.7 Å². The highest BCUT2D eigenvalue weighted by atomic mass is 31.2. The first-order valence-corrected chi connectivity index (χ1v) is 19.4. The van der Waals surface area contributed by atoms with Gasteiger partial charge in [-0.25, -0.2) is 0 Å². The molecule has 54 heavy (non-hydrogen) atoms. The van der Waals surface area contributed by atoms with Crippen molar-refractivity contribution in [2.45, 2.75) is 0 Å². The van der Waals surface area contributed by atoms with Gasteiger partial charge in [0.1, 0.15) is 46.0 Å². The second kappa shape index (κ2) is 18.2. The third-order valence-electron chi connectivity index (χ3n) is 7.15. The number of phosphoric ester groups is 2. The normalized spacial score (nSPS) is 11.2. The summed E-state index contributed by atoms with van der Waals surface area (Å²) in [6.45, 7) is -0.391. The van der Waals surface area contributed by atoms with Crippen molar-refractivity contribution in [1.82, 2.24) is 0 Å². The quantitative estimate of drug-likeness (QED) is 0.0574. The molecule has 0 aliphatic carbocycles. The van der Waals surface area contributed by atoms with E-state index in [1.165, 1.54) is 26.4 Å². The van der Waals surface area contributed by atoms with Crippen LogP contribution in [0.1, 0.15) is 0 Å². The van der Waals surface area contributed by atoms with Crippen LogP contribution in [0.4, 0.5) is 0 Å². The first-order valence-electron chi connectivity index (χ1n) is 16.4. The monoisotopic (exact) mass is 770 g/mol. The van der Waals surface area contributed by atoms with Crippen LogP contribution >= 0.6 is 15.6 Å². The summed E-state index contributed by atoms with van der Waals surface area (Å²) in [4.78, 5) is 0. The maximum Gasteiger partial charge on any atom is 0.647 e. The zero-order valence-corrected chi connectivity index (χ0v) is 31.0. The third kappa shape index (κ3) is 10.2. The highest BCUT2D eigenvalue weighted by Gasteiger charge is 2.38. The highest BCUT2D eigenvalue weighted by molar-refractivity contribution is 7.50. The molecule has 6 aromatic rings. The predicted molar refractivity (Wildman–Crippen MR) is 202 cm³/mol. The zero-order valence-electron chi connectivity index (χ0n) is 29.2. The maximum atomic E-state index is 14.7. The molecule has 14 heteroatoms. The average molecular weight is 771 g/mol. The summed E-state index contributed by atoms with van der Waals surface area (Å²) in [6.07, 6.45) is 0. The molecule has 0 aliphatic heterocycles. The molecule has 0 heterocycles. The van der Waals surface area contributed by atoms with Crippen LogP contribution in [-0.2, 0) is 18.6 Å². The Labute approximate surface area is 312 Å². The van der Waals surface area contributed by atoms with E-state index in [0.717, 1.165) is 0 Å². The number of para-hydroxylation sites is 4. The van der Waals surface area contributed by atoms with Crippen LogP contribution in [0.3, 0.4) is 0 Å². The van der Waals surface area contributed by atoms with Gasteiger partial charge in [-0.15, -0.1) is 0 Å². The Morgan fingerprint density at radius 1 is 0.352 bits per heavy atom. The van der Waals surface area contributed by atoms with Crippen LogP contribution < -0.4 is 36.6 Å². The van der Waals surface area contributed by atoms with Crippen molar-refractivity contribution >= 4 is 15.6 Å². The molecule has 6 aromatic carbocycles.